The molecule has 2 aromatic rings. The van der Waals surface area contributed by atoms with Crippen LogP contribution in [0.4, 0.5) is 5.82 Å². The average Bonchev–Trinajstić information content (AvgIpc) is 2.94. The van der Waals surface area contributed by atoms with E-state index in [0.717, 1.165) is 34.9 Å². The molecule has 1 aliphatic rings. The quantitative estimate of drug-likeness (QED) is 0.857. The fourth-order valence-corrected chi connectivity index (χ4v) is 3.31. The number of fused-ring (bicyclic) bond motifs is 1. The molecular formula is C15H24N6. The summed E-state index contributed by atoms with van der Waals surface area (Å²) >= 11 is 0. The van der Waals surface area contributed by atoms with Crippen molar-refractivity contribution in [1.29, 1.82) is 0 Å². The number of likely N-dealkylation sites (N-methyl/N-ethyl adjacent to an activating group) is 2. The highest BCUT2D eigenvalue weighted by Crippen LogP contribution is 2.27. The van der Waals surface area contributed by atoms with E-state index in [9.17, 15) is 0 Å². The van der Waals surface area contributed by atoms with Crippen molar-refractivity contribution in [2.45, 2.75) is 32.7 Å². The van der Waals surface area contributed by atoms with E-state index in [0.29, 0.717) is 6.04 Å². The first-order valence-corrected chi connectivity index (χ1v) is 7.56. The Kier molecular flexibility index (Phi) is 3.57. The molecule has 0 N–H and O–H groups in total. The molecule has 3 heterocycles. The monoisotopic (exact) mass is 288 g/mol. The van der Waals surface area contributed by atoms with Crippen LogP contribution < -0.4 is 4.90 Å². The summed E-state index contributed by atoms with van der Waals surface area (Å²) in [5.74, 6) is 1.80. The number of hydrogen-bond donors (Lipinski definition) is 0. The molecule has 1 atom stereocenters. The third-order valence-corrected chi connectivity index (χ3v) is 4.47. The molecule has 1 aliphatic heterocycles. The molecule has 0 amide bonds. The predicted molar refractivity (Wildman–Crippen MR) is 84.7 cm³/mol. The van der Waals surface area contributed by atoms with Gasteiger partial charge in [0, 0.05) is 26.7 Å². The number of likely N-dealkylation sites (tertiary alicyclic amines) is 1. The second-order valence-corrected chi connectivity index (χ2v) is 6.16. The first-order valence-electron chi connectivity index (χ1n) is 7.56. The zero-order chi connectivity index (χ0) is 15.1. The molecule has 0 spiro atoms. The molecule has 21 heavy (non-hydrogen) atoms. The molecule has 0 unspecified atom stereocenters. The van der Waals surface area contributed by atoms with Gasteiger partial charge in [0.15, 0.2) is 5.65 Å². The maximum absolute atomic E-state index is 4.69. The molecular weight excluding hydrogens is 264 g/mol. The van der Waals surface area contributed by atoms with Crippen LogP contribution in [0.3, 0.4) is 0 Å². The Morgan fingerprint density at radius 2 is 2.00 bits per heavy atom. The summed E-state index contributed by atoms with van der Waals surface area (Å²) in [5, 5.41) is 5.57. The van der Waals surface area contributed by atoms with E-state index in [1.807, 2.05) is 25.6 Å². The molecule has 3 rings (SSSR count). The second-order valence-electron chi connectivity index (χ2n) is 6.16. The highest BCUT2D eigenvalue weighted by molar-refractivity contribution is 5.89. The van der Waals surface area contributed by atoms with E-state index in [1.54, 1.807) is 0 Å². The molecule has 1 fully saturated rings. The molecule has 0 saturated carbocycles. The van der Waals surface area contributed by atoms with Crippen LogP contribution in [-0.4, -0.2) is 57.9 Å². The van der Waals surface area contributed by atoms with Crippen molar-refractivity contribution >= 4 is 16.9 Å². The summed E-state index contributed by atoms with van der Waals surface area (Å²) in [6.45, 7) is 6.17. The average molecular weight is 288 g/mol. The summed E-state index contributed by atoms with van der Waals surface area (Å²) in [4.78, 5) is 13.9. The van der Waals surface area contributed by atoms with E-state index in [-0.39, 0.29) is 0 Å². The minimum atomic E-state index is 0.609. The third-order valence-electron chi connectivity index (χ3n) is 4.47. The lowest BCUT2D eigenvalue weighted by Gasteiger charge is -2.27. The number of hydrogen-bond acceptors (Lipinski definition) is 5. The molecule has 0 aromatic carbocycles. The number of aryl methyl sites for hydroxylation is 3. The Morgan fingerprint density at radius 1 is 1.24 bits per heavy atom. The summed E-state index contributed by atoms with van der Waals surface area (Å²) in [6.07, 6.45) is 2.55. The number of anilines is 1. The zero-order valence-corrected chi connectivity index (χ0v) is 13.6. The van der Waals surface area contributed by atoms with Crippen LogP contribution in [0.15, 0.2) is 0 Å². The molecule has 2 aromatic heterocycles. The molecule has 0 aliphatic carbocycles. The van der Waals surface area contributed by atoms with E-state index in [1.165, 1.54) is 19.4 Å². The normalized spacial score (nSPS) is 19.6. The maximum atomic E-state index is 4.69. The fourth-order valence-electron chi connectivity index (χ4n) is 3.31. The highest BCUT2D eigenvalue weighted by atomic mass is 15.3. The third kappa shape index (κ3) is 2.48. The molecule has 0 bridgehead atoms. The molecule has 6 nitrogen and oxygen atoms in total. The van der Waals surface area contributed by atoms with Crippen molar-refractivity contribution in [1.82, 2.24) is 24.6 Å². The standard InChI is InChI=1S/C15H24N6/c1-10-13-14(16-11(2)17-15(13)21(5)18-10)20(4)9-12-7-6-8-19(12)3/h12H,6-9H2,1-5H3/t12-/m0/s1. The smallest absolute Gasteiger partial charge is 0.163 e. The van der Waals surface area contributed by atoms with E-state index >= 15 is 0 Å². The molecule has 0 radical (unpaired) electrons. The number of aromatic nitrogens is 4. The number of nitrogens with zero attached hydrogens (tertiary/aromatic N) is 6. The van der Waals surface area contributed by atoms with E-state index in [2.05, 4.69) is 39.0 Å². The van der Waals surface area contributed by atoms with E-state index in [4.69, 9.17) is 0 Å². The van der Waals surface area contributed by atoms with Crippen LogP contribution in [0.25, 0.3) is 11.0 Å². The first-order chi connectivity index (χ1) is 9.97. The van der Waals surface area contributed by atoms with Crippen LogP contribution in [0, 0.1) is 13.8 Å². The lowest BCUT2D eigenvalue weighted by Crippen LogP contribution is -2.37. The SMILES string of the molecule is Cc1nc(N(C)C[C@@H]2CCCN2C)c2c(C)nn(C)c2n1. The minimum absolute atomic E-state index is 0.609. The number of rotatable bonds is 3. The van der Waals surface area contributed by atoms with Gasteiger partial charge in [-0.15, -0.1) is 0 Å². The second kappa shape index (κ2) is 5.26. The van der Waals surface area contributed by atoms with Gasteiger partial charge in [-0.2, -0.15) is 5.10 Å². The van der Waals surface area contributed by atoms with Gasteiger partial charge in [-0.25, -0.2) is 9.97 Å². The first kappa shape index (κ1) is 14.3. The topological polar surface area (TPSA) is 50.1 Å². The van der Waals surface area contributed by atoms with Crippen molar-refractivity contribution in [2.24, 2.45) is 7.05 Å². The Morgan fingerprint density at radius 3 is 2.67 bits per heavy atom. The summed E-state index contributed by atoms with van der Waals surface area (Å²) in [7, 11) is 6.28. The van der Waals surface area contributed by atoms with Crippen molar-refractivity contribution in [3.63, 3.8) is 0 Å². The van der Waals surface area contributed by atoms with E-state index < -0.39 is 0 Å². The maximum Gasteiger partial charge on any atom is 0.163 e. The van der Waals surface area contributed by atoms with Crippen LogP contribution in [0.1, 0.15) is 24.4 Å². The predicted octanol–water partition coefficient (Wildman–Crippen LogP) is 1.51. The largest absolute Gasteiger partial charge is 0.357 e. The Hall–Kier alpha value is -1.69. The summed E-state index contributed by atoms with van der Waals surface area (Å²) in [5.41, 5.74) is 1.91. The van der Waals surface area contributed by atoms with Crippen molar-refractivity contribution < 1.29 is 0 Å². The van der Waals surface area contributed by atoms with Crippen LogP contribution in [-0.2, 0) is 7.05 Å². The highest BCUT2D eigenvalue weighted by Gasteiger charge is 2.24. The van der Waals surface area contributed by atoms with Gasteiger partial charge >= 0.3 is 0 Å². The Balaban J connectivity index is 1.99. The van der Waals surface area contributed by atoms with Gasteiger partial charge in [0.25, 0.3) is 0 Å². The molecule has 114 valence electrons. The fraction of sp³-hybridized carbons (Fsp3) is 0.667. The van der Waals surface area contributed by atoms with Gasteiger partial charge in [0.2, 0.25) is 0 Å². The van der Waals surface area contributed by atoms with Crippen LogP contribution in [0.2, 0.25) is 0 Å². The van der Waals surface area contributed by atoms with Crippen LogP contribution in [0.5, 0.6) is 0 Å². The van der Waals surface area contributed by atoms with Gasteiger partial charge in [-0.3, -0.25) is 4.68 Å². The summed E-state index contributed by atoms with van der Waals surface area (Å²) in [6, 6.07) is 0.609. The molecule has 1 saturated heterocycles. The van der Waals surface area contributed by atoms with Gasteiger partial charge in [0.1, 0.15) is 11.6 Å². The summed E-state index contributed by atoms with van der Waals surface area (Å²) < 4.78 is 1.85. The lowest BCUT2D eigenvalue weighted by atomic mass is 10.2. The lowest BCUT2D eigenvalue weighted by molar-refractivity contribution is 0.314. The molecule has 6 heteroatoms. The van der Waals surface area contributed by atoms with Gasteiger partial charge < -0.3 is 9.80 Å². The van der Waals surface area contributed by atoms with Crippen molar-refractivity contribution in [3.8, 4) is 0 Å². The minimum Gasteiger partial charge on any atom is -0.357 e. The van der Waals surface area contributed by atoms with Crippen molar-refractivity contribution in [3.05, 3.63) is 11.5 Å². The Bertz CT molecular complexity index is 662. The zero-order valence-electron chi connectivity index (χ0n) is 13.6. The van der Waals surface area contributed by atoms with Gasteiger partial charge in [0.05, 0.1) is 11.1 Å². The Labute approximate surface area is 125 Å². The van der Waals surface area contributed by atoms with Gasteiger partial charge in [-0.1, -0.05) is 0 Å². The van der Waals surface area contributed by atoms with Crippen molar-refractivity contribution in [2.75, 3.05) is 32.1 Å². The van der Waals surface area contributed by atoms with Gasteiger partial charge in [-0.05, 0) is 40.3 Å². The van der Waals surface area contributed by atoms with Crippen LogP contribution >= 0.6 is 0 Å².